The molecule has 0 fully saturated rings. The van der Waals surface area contributed by atoms with Gasteiger partial charge in [-0.1, -0.05) is 6.07 Å². The van der Waals surface area contributed by atoms with E-state index in [1.165, 1.54) is 15.2 Å². The molecule has 3 rings (SSSR count). The number of tetrazole rings is 1. The molecule has 6 nitrogen and oxygen atoms in total. The zero-order chi connectivity index (χ0) is 15.5. The summed E-state index contributed by atoms with van der Waals surface area (Å²) in [6.45, 7) is 2.75. The van der Waals surface area contributed by atoms with Crippen molar-refractivity contribution in [1.29, 1.82) is 0 Å². The first-order chi connectivity index (χ1) is 10.6. The van der Waals surface area contributed by atoms with Gasteiger partial charge >= 0.3 is 0 Å². The molecule has 3 heterocycles. The first-order valence-corrected chi connectivity index (χ1v) is 8.48. The van der Waals surface area contributed by atoms with E-state index in [1.54, 1.807) is 34.6 Å². The van der Waals surface area contributed by atoms with Gasteiger partial charge in [-0.15, -0.1) is 32.9 Å². The summed E-state index contributed by atoms with van der Waals surface area (Å²) in [5, 5.41) is 16.2. The Morgan fingerprint density at radius 2 is 2.18 bits per heavy atom. The Balaban J connectivity index is 1.63. The number of carbonyl (C=O) groups excluding carboxylic acids is 1. The van der Waals surface area contributed by atoms with Crippen molar-refractivity contribution in [2.45, 2.75) is 20.0 Å². The number of hydrogen-bond donors (Lipinski definition) is 0. The molecular weight excluding hydrogens is 318 g/mol. The van der Waals surface area contributed by atoms with Gasteiger partial charge in [-0.2, -0.15) is 4.80 Å². The summed E-state index contributed by atoms with van der Waals surface area (Å²) < 4.78 is 0. The molecule has 0 bridgehead atoms. The second kappa shape index (κ2) is 6.37. The Hall–Kier alpha value is -2.06. The molecule has 0 aliphatic rings. The molecule has 0 aliphatic heterocycles. The molecule has 8 heteroatoms. The second-order valence-electron chi connectivity index (χ2n) is 4.90. The van der Waals surface area contributed by atoms with Crippen molar-refractivity contribution < 1.29 is 4.79 Å². The van der Waals surface area contributed by atoms with E-state index in [0.717, 1.165) is 4.88 Å². The van der Waals surface area contributed by atoms with Gasteiger partial charge in [-0.05, 0) is 40.6 Å². The first kappa shape index (κ1) is 14.9. The van der Waals surface area contributed by atoms with E-state index in [2.05, 4.69) is 28.4 Å². The van der Waals surface area contributed by atoms with Gasteiger partial charge in [0.2, 0.25) is 11.7 Å². The molecule has 3 aromatic heterocycles. The molecule has 1 amide bonds. The van der Waals surface area contributed by atoms with Crippen molar-refractivity contribution in [1.82, 2.24) is 25.1 Å². The maximum absolute atomic E-state index is 12.3. The Kier molecular flexibility index (Phi) is 4.30. The normalized spacial score (nSPS) is 10.8. The summed E-state index contributed by atoms with van der Waals surface area (Å²) in [5.74, 6) is 0.516. The lowest BCUT2D eigenvalue weighted by Crippen LogP contribution is -2.30. The monoisotopic (exact) mass is 333 g/mol. The molecule has 0 saturated heterocycles. The molecule has 0 atom stereocenters. The van der Waals surface area contributed by atoms with Crippen LogP contribution < -0.4 is 0 Å². The molecule has 0 aliphatic carbocycles. The molecule has 0 saturated carbocycles. The van der Waals surface area contributed by atoms with E-state index in [0.29, 0.717) is 12.4 Å². The maximum Gasteiger partial charge on any atom is 0.246 e. The fourth-order valence-corrected chi connectivity index (χ4v) is 3.53. The molecule has 22 heavy (non-hydrogen) atoms. The van der Waals surface area contributed by atoms with Crippen molar-refractivity contribution >= 4 is 28.6 Å². The van der Waals surface area contributed by atoms with Crippen LogP contribution in [0.2, 0.25) is 0 Å². The Morgan fingerprint density at radius 1 is 1.32 bits per heavy atom. The van der Waals surface area contributed by atoms with Gasteiger partial charge in [-0.25, -0.2) is 0 Å². The lowest BCUT2D eigenvalue weighted by atomic mass is 10.3. The molecule has 0 N–H and O–H groups in total. The predicted octanol–water partition coefficient (Wildman–Crippen LogP) is 2.43. The van der Waals surface area contributed by atoms with Crippen LogP contribution in [0.5, 0.6) is 0 Å². The number of aryl methyl sites for hydroxylation is 1. The first-order valence-electron chi connectivity index (χ1n) is 6.72. The number of likely N-dealkylation sites (N-methyl/N-ethyl adjacent to an activating group) is 1. The van der Waals surface area contributed by atoms with Gasteiger partial charge in [0.15, 0.2) is 0 Å². The Bertz CT molecular complexity index is 762. The minimum atomic E-state index is -0.0390. The van der Waals surface area contributed by atoms with Crippen LogP contribution in [0.1, 0.15) is 10.4 Å². The van der Waals surface area contributed by atoms with Gasteiger partial charge < -0.3 is 4.90 Å². The second-order valence-corrected chi connectivity index (χ2v) is 6.85. The summed E-state index contributed by atoms with van der Waals surface area (Å²) in [6.07, 6.45) is 0. The summed E-state index contributed by atoms with van der Waals surface area (Å²) in [4.78, 5) is 17.4. The smallest absolute Gasteiger partial charge is 0.246 e. The minimum absolute atomic E-state index is 0.0390. The number of rotatable bonds is 5. The van der Waals surface area contributed by atoms with Crippen molar-refractivity contribution in [2.24, 2.45) is 0 Å². The van der Waals surface area contributed by atoms with E-state index in [4.69, 9.17) is 0 Å². The third-order valence-electron chi connectivity index (χ3n) is 3.25. The van der Waals surface area contributed by atoms with E-state index < -0.39 is 0 Å². The number of thiophene rings is 2. The van der Waals surface area contributed by atoms with Crippen molar-refractivity contribution in [3.05, 3.63) is 39.4 Å². The highest BCUT2D eigenvalue weighted by Crippen LogP contribution is 2.20. The van der Waals surface area contributed by atoms with Crippen LogP contribution in [0, 0.1) is 6.92 Å². The van der Waals surface area contributed by atoms with Crippen molar-refractivity contribution in [3.8, 4) is 10.7 Å². The average Bonchev–Trinajstić information content (AvgIpc) is 3.21. The van der Waals surface area contributed by atoms with Gasteiger partial charge in [0.25, 0.3) is 0 Å². The van der Waals surface area contributed by atoms with Crippen LogP contribution in [-0.4, -0.2) is 38.1 Å². The highest BCUT2D eigenvalue weighted by Gasteiger charge is 2.14. The maximum atomic E-state index is 12.3. The van der Waals surface area contributed by atoms with Crippen LogP contribution in [0.15, 0.2) is 29.0 Å². The minimum Gasteiger partial charge on any atom is -0.339 e. The summed E-state index contributed by atoms with van der Waals surface area (Å²) in [7, 11) is 1.79. The van der Waals surface area contributed by atoms with Crippen molar-refractivity contribution in [2.75, 3.05) is 7.05 Å². The SMILES string of the molecule is Cc1ccsc1CN(C)C(=O)Cn1nnc(-c2cccs2)n1. The lowest BCUT2D eigenvalue weighted by Gasteiger charge is -2.16. The Labute approximate surface area is 136 Å². The average molecular weight is 333 g/mol. The molecule has 0 unspecified atom stereocenters. The predicted molar refractivity (Wildman–Crippen MR) is 86.7 cm³/mol. The zero-order valence-electron chi connectivity index (χ0n) is 12.3. The van der Waals surface area contributed by atoms with E-state index in [9.17, 15) is 4.79 Å². The zero-order valence-corrected chi connectivity index (χ0v) is 13.9. The summed E-state index contributed by atoms with van der Waals surface area (Å²) >= 11 is 3.21. The van der Waals surface area contributed by atoms with Crippen LogP contribution in [-0.2, 0) is 17.9 Å². The summed E-state index contributed by atoms with van der Waals surface area (Å²) in [6, 6.07) is 5.92. The molecular formula is C14H15N5OS2. The molecule has 0 radical (unpaired) electrons. The molecule has 0 aromatic carbocycles. The van der Waals surface area contributed by atoms with Crippen molar-refractivity contribution in [3.63, 3.8) is 0 Å². The van der Waals surface area contributed by atoms with E-state index in [-0.39, 0.29) is 12.5 Å². The number of amides is 1. The number of nitrogens with zero attached hydrogens (tertiary/aromatic N) is 5. The number of carbonyl (C=O) groups is 1. The fraction of sp³-hybridized carbons (Fsp3) is 0.286. The highest BCUT2D eigenvalue weighted by atomic mass is 32.1. The summed E-state index contributed by atoms with van der Waals surface area (Å²) in [5.41, 5.74) is 1.21. The van der Waals surface area contributed by atoms with E-state index in [1.807, 2.05) is 22.9 Å². The Morgan fingerprint density at radius 3 is 2.86 bits per heavy atom. The third kappa shape index (κ3) is 3.23. The largest absolute Gasteiger partial charge is 0.339 e. The van der Waals surface area contributed by atoms with Gasteiger partial charge in [-0.3, -0.25) is 4.79 Å². The molecule has 114 valence electrons. The number of aromatic nitrogens is 4. The van der Waals surface area contributed by atoms with Crippen LogP contribution in [0.4, 0.5) is 0 Å². The fourth-order valence-electron chi connectivity index (χ4n) is 1.93. The quantitative estimate of drug-likeness (QED) is 0.719. The van der Waals surface area contributed by atoms with Gasteiger partial charge in [0, 0.05) is 11.9 Å². The molecule has 0 spiro atoms. The van der Waals surface area contributed by atoms with Gasteiger partial charge in [0.05, 0.1) is 11.4 Å². The van der Waals surface area contributed by atoms with Crippen LogP contribution in [0.25, 0.3) is 10.7 Å². The highest BCUT2D eigenvalue weighted by molar-refractivity contribution is 7.13. The van der Waals surface area contributed by atoms with Gasteiger partial charge in [0.1, 0.15) is 6.54 Å². The van der Waals surface area contributed by atoms with Crippen LogP contribution in [0.3, 0.4) is 0 Å². The number of hydrogen-bond acceptors (Lipinski definition) is 6. The lowest BCUT2D eigenvalue weighted by molar-refractivity contribution is -0.131. The third-order valence-corrected chi connectivity index (χ3v) is 5.12. The standard InChI is InChI=1S/C14H15N5OS2/c1-10-5-7-22-12(10)8-18(2)13(20)9-19-16-14(15-17-19)11-4-3-6-21-11/h3-7H,8-9H2,1-2H3. The topological polar surface area (TPSA) is 63.9 Å². The molecule has 3 aromatic rings. The van der Waals surface area contributed by atoms with E-state index >= 15 is 0 Å². The van der Waals surface area contributed by atoms with Crippen LogP contribution >= 0.6 is 22.7 Å².